The van der Waals surface area contributed by atoms with Gasteiger partial charge in [0.25, 0.3) is 0 Å². The predicted octanol–water partition coefficient (Wildman–Crippen LogP) is 2.29. The normalized spacial score (nSPS) is 13.0. The second-order valence-corrected chi connectivity index (χ2v) is 4.68. The van der Waals surface area contributed by atoms with Crippen molar-refractivity contribution >= 4 is 0 Å². The van der Waals surface area contributed by atoms with Crippen LogP contribution < -0.4 is 5.73 Å². The Morgan fingerprint density at radius 2 is 1.88 bits per heavy atom. The summed E-state index contributed by atoms with van der Waals surface area (Å²) in [4.78, 5) is 2.32. The van der Waals surface area contributed by atoms with E-state index in [9.17, 15) is 0 Å². The summed E-state index contributed by atoms with van der Waals surface area (Å²) < 4.78 is 0. The van der Waals surface area contributed by atoms with Crippen molar-refractivity contribution in [3.63, 3.8) is 0 Å². The summed E-state index contributed by atoms with van der Waals surface area (Å²) in [5.41, 5.74) is 7.19. The van der Waals surface area contributed by atoms with Gasteiger partial charge in [-0.2, -0.15) is 0 Å². The fourth-order valence-electron chi connectivity index (χ4n) is 1.94. The third-order valence-corrected chi connectivity index (χ3v) is 2.70. The highest BCUT2D eigenvalue weighted by Crippen LogP contribution is 2.04. The third kappa shape index (κ3) is 5.89. The van der Waals surface area contributed by atoms with Gasteiger partial charge in [0.2, 0.25) is 0 Å². The van der Waals surface area contributed by atoms with Gasteiger partial charge in [0.05, 0.1) is 0 Å². The van der Waals surface area contributed by atoms with Crippen LogP contribution >= 0.6 is 0 Å². The van der Waals surface area contributed by atoms with Crippen LogP contribution in [0.25, 0.3) is 0 Å². The average Bonchev–Trinajstić information content (AvgIpc) is 2.25. The Morgan fingerprint density at radius 3 is 2.50 bits per heavy atom. The monoisotopic (exact) mass is 220 g/mol. The molecule has 0 aliphatic rings. The van der Waals surface area contributed by atoms with E-state index >= 15 is 0 Å². The van der Waals surface area contributed by atoms with Gasteiger partial charge in [-0.3, -0.25) is 0 Å². The van der Waals surface area contributed by atoms with E-state index in [2.05, 4.69) is 49.2 Å². The minimum absolute atomic E-state index is 0.277. The zero-order chi connectivity index (χ0) is 11.8. The fourth-order valence-corrected chi connectivity index (χ4v) is 1.94. The largest absolute Gasteiger partial charge is 0.327 e. The van der Waals surface area contributed by atoms with Gasteiger partial charge in [0.15, 0.2) is 0 Å². The fraction of sp³-hybridized carbons (Fsp3) is 0.571. The molecule has 0 heterocycles. The number of nitrogens with two attached hydrogens (primary N) is 1. The van der Waals surface area contributed by atoms with E-state index in [1.165, 1.54) is 24.8 Å². The second-order valence-electron chi connectivity index (χ2n) is 4.68. The van der Waals surface area contributed by atoms with Crippen molar-refractivity contribution in [3.8, 4) is 0 Å². The highest BCUT2D eigenvalue weighted by Gasteiger charge is 2.01. The molecule has 0 amide bonds. The van der Waals surface area contributed by atoms with Crippen LogP contribution in [0.2, 0.25) is 0 Å². The van der Waals surface area contributed by atoms with Crippen molar-refractivity contribution in [2.45, 2.75) is 32.2 Å². The molecule has 0 radical (unpaired) electrons. The molecular weight excluding hydrogens is 196 g/mol. The highest BCUT2D eigenvalue weighted by atomic mass is 15.1. The molecule has 0 saturated heterocycles. The van der Waals surface area contributed by atoms with Crippen molar-refractivity contribution in [3.05, 3.63) is 35.9 Å². The number of aryl methyl sites for hydroxylation is 1. The van der Waals surface area contributed by atoms with E-state index < -0.39 is 0 Å². The van der Waals surface area contributed by atoms with Gasteiger partial charge in [-0.05, 0) is 45.3 Å². The number of hydrogen-bond acceptors (Lipinski definition) is 2. The van der Waals surface area contributed by atoms with Crippen molar-refractivity contribution in [1.29, 1.82) is 0 Å². The summed E-state index contributed by atoms with van der Waals surface area (Å²) in [6.45, 7) is 4.19. The molecule has 0 saturated carbocycles. The van der Waals surface area contributed by atoms with E-state index in [0.29, 0.717) is 0 Å². The van der Waals surface area contributed by atoms with E-state index in [-0.39, 0.29) is 6.04 Å². The zero-order valence-corrected chi connectivity index (χ0v) is 10.5. The van der Waals surface area contributed by atoms with Gasteiger partial charge < -0.3 is 10.6 Å². The first kappa shape index (κ1) is 13.2. The Morgan fingerprint density at radius 1 is 1.19 bits per heavy atom. The van der Waals surface area contributed by atoms with Crippen LogP contribution in [0, 0.1) is 0 Å². The van der Waals surface area contributed by atoms with Crippen molar-refractivity contribution in [2.24, 2.45) is 5.73 Å². The molecule has 0 spiro atoms. The van der Waals surface area contributed by atoms with Gasteiger partial charge in [0, 0.05) is 12.6 Å². The molecule has 1 atom stereocenters. The molecule has 0 aliphatic heterocycles. The van der Waals surface area contributed by atoms with Crippen LogP contribution in [0.3, 0.4) is 0 Å². The molecule has 0 bridgehead atoms. The maximum atomic E-state index is 5.75. The number of likely N-dealkylation sites (N-methyl/N-ethyl adjacent to an activating group) is 1. The van der Waals surface area contributed by atoms with E-state index in [4.69, 9.17) is 5.73 Å². The third-order valence-electron chi connectivity index (χ3n) is 2.70. The van der Waals surface area contributed by atoms with Gasteiger partial charge in [-0.25, -0.2) is 0 Å². The smallest absolute Gasteiger partial charge is 0.0139 e. The molecular formula is C14H24N2. The maximum absolute atomic E-state index is 5.75. The Labute approximate surface area is 99.5 Å². The Balaban J connectivity index is 2.08. The van der Waals surface area contributed by atoms with Crippen molar-refractivity contribution in [1.82, 2.24) is 4.90 Å². The molecule has 2 heteroatoms. The summed E-state index contributed by atoms with van der Waals surface area (Å²) in [6, 6.07) is 11.0. The molecule has 0 aliphatic carbocycles. The minimum atomic E-state index is 0.277. The summed E-state index contributed by atoms with van der Waals surface area (Å²) in [5.74, 6) is 0. The van der Waals surface area contributed by atoms with Crippen LogP contribution in [0.1, 0.15) is 25.3 Å². The van der Waals surface area contributed by atoms with Crippen LogP contribution in [0.15, 0.2) is 30.3 Å². The summed E-state index contributed by atoms with van der Waals surface area (Å²) in [5, 5.41) is 0. The van der Waals surface area contributed by atoms with Gasteiger partial charge >= 0.3 is 0 Å². The lowest BCUT2D eigenvalue weighted by molar-refractivity contribution is 0.310. The topological polar surface area (TPSA) is 29.3 Å². The minimum Gasteiger partial charge on any atom is -0.327 e. The molecule has 1 aromatic carbocycles. The Bertz CT molecular complexity index is 269. The van der Waals surface area contributed by atoms with Crippen LogP contribution in [0.4, 0.5) is 0 Å². The van der Waals surface area contributed by atoms with Crippen molar-refractivity contribution in [2.75, 3.05) is 20.1 Å². The summed E-state index contributed by atoms with van der Waals surface area (Å²) in [6.07, 6.45) is 3.69. The van der Waals surface area contributed by atoms with Gasteiger partial charge in [0.1, 0.15) is 0 Å². The number of rotatable bonds is 7. The quantitative estimate of drug-likeness (QED) is 0.714. The number of benzene rings is 1. The number of nitrogens with zero attached hydrogens (tertiary/aromatic N) is 1. The molecule has 16 heavy (non-hydrogen) atoms. The molecule has 1 aromatic rings. The van der Waals surface area contributed by atoms with Crippen molar-refractivity contribution < 1.29 is 0 Å². The molecule has 1 rings (SSSR count). The standard InChI is InChI=1S/C14H24N2/c1-13(15)12-16(2)11-7-6-10-14-8-4-3-5-9-14/h3-5,8-9,13H,6-7,10-12,15H2,1-2H3. The lowest BCUT2D eigenvalue weighted by Gasteiger charge is -2.18. The number of hydrogen-bond donors (Lipinski definition) is 1. The van der Waals surface area contributed by atoms with Gasteiger partial charge in [-0.15, -0.1) is 0 Å². The first-order valence-corrected chi connectivity index (χ1v) is 6.16. The zero-order valence-electron chi connectivity index (χ0n) is 10.5. The van der Waals surface area contributed by atoms with E-state index in [1.54, 1.807) is 0 Å². The van der Waals surface area contributed by atoms with Crippen LogP contribution in [0.5, 0.6) is 0 Å². The van der Waals surface area contributed by atoms with Gasteiger partial charge in [-0.1, -0.05) is 30.3 Å². The molecule has 90 valence electrons. The molecule has 0 aromatic heterocycles. The van der Waals surface area contributed by atoms with Crippen LogP contribution in [-0.2, 0) is 6.42 Å². The molecule has 1 unspecified atom stereocenters. The lowest BCUT2D eigenvalue weighted by atomic mass is 10.1. The SMILES string of the molecule is CC(N)CN(C)CCCCc1ccccc1. The Kier molecular flexibility index (Phi) is 6.12. The summed E-state index contributed by atoms with van der Waals surface area (Å²) in [7, 11) is 2.14. The highest BCUT2D eigenvalue weighted by molar-refractivity contribution is 5.14. The van der Waals surface area contributed by atoms with E-state index in [0.717, 1.165) is 13.1 Å². The maximum Gasteiger partial charge on any atom is 0.0139 e. The molecule has 0 fully saturated rings. The molecule has 2 nitrogen and oxygen atoms in total. The summed E-state index contributed by atoms with van der Waals surface area (Å²) >= 11 is 0. The molecule has 2 N–H and O–H groups in total. The first-order valence-electron chi connectivity index (χ1n) is 6.16. The lowest BCUT2D eigenvalue weighted by Crippen LogP contribution is -2.33. The number of unbranched alkanes of at least 4 members (excludes halogenated alkanes) is 1. The average molecular weight is 220 g/mol. The predicted molar refractivity (Wildman–Crippen MR) is 70.5 cm³/mol. The van der Waals surface area contributed by atoms with Crippen LogP contribution in [-0.4, -0.2) is 31.1 Å². The second kappa shape index (κ2) is 7.42. The first-order chi connectivity index (χ1) is 7.68. The van der Waals surface area contributed by atoms with E-state index in [1.807, 2.05) is 0 Å². The Hall–Kier alpha value is -0.860.